The van der Waals surface area contributed by atoms with Crippen LogP contribution >= 0.6 is 0 Å². The third-order valence-electron chi connectivity index (χ3n) is 6.25. The first-order chi connectivity index (χ1) is 14.4. The summed E-state index contributed by atoms with van der Waals surface area (Å²) in [5, 5.41) is 9.78. The first-order valence-electron chi connectivity index (χ1n) is 11.1. The van der Waals surface area contributed by atoms with Crippen LogP contribution in [0.5, 0.6) is 0 Å². The Morgan fingerprint density at radius 3 is 2.93 bits per heavy atom. The monoisotopic (exact) mass is 410 g/mol. The minimum atomic E-state index is 0.0941. The molecule has 3 N–H and O–H groups in total. The van der Waals surface area contributed by atoms with E-state index in [0.717, 1.165) is 25.2 Å². The Kier molecular flexibility index (Phi) is 5.99. The highest BCUT2D eigenvalue weighted by Gasteiger charge is 2.44. The summed E-state index contributed by atoms with van der Waals surface area (Å²) >= 11 is 0. The predicted octanol–water partition coefficient (Wildman–Crippen LogP) is 2.90. The van der Waals surface area contributed by atoms with E-state index in [1.165, 1.54) is 16.7 Å². The summed E-state index contributed by atoms with van der Waals surface area (Å²) in [6.45, 7) is 9.40. The van der Waals surface area contributed by atoms with Crippen LogP contribution in [0.1, 0.15) is 62.3 Å². The summed E-state index contributed by atoms with van der Waals surface area (Å²) in [5.74, 6) is 1.63. The van der Waals surface area contributed by atoms with Crippen molar-refractivity contribution in [2.24, 2.45) is 11.0 Å². The number of hydrogen-bond acceptors (Lipinski definition) is 6. The zero-order valence-electron chi connectivity index (χ0n) is 18.5. The molecule has 3 aliphatic rings. The van der Waals surface area contributed by atoms with Crippen molar-refractivity contribution >= 4 is 11.7 Å². The maximum atomic E-state index is 12.1. The summed E-state index contributed by atoms with van der Waals surface area (Å²) in [4.78, 5) is 14.3. The third kappa shape index (κ3) is 4.31. The molecule has 1 aromatic rings. The first kappa shape index (κ1) is 20.7. The number of fused-ring (bicyclic) bond motifs is 3. The Hall–Kier alpha value is -2.54. The van der Waals surface area contributed by atoms with Gasteiger partial charge in [-0.25, -0.2) is 5.43 Å². The van der Waals surface area contributed by atoms with Crippen molar-refractivity contribution in [1.29, 1.82) is 0 Å². The molecule has 0 aromatic heterocycles. The van der Waals surface area contributed by atoms with Gasteiger partial charge in [0.25, 0.3) is 0 Å². The Balaban J connectivity index is 1.34. The van der Waals surface area contributed by atoms with Gasteiger partial charge in [0.2, 0.25) is 5.91 Å². The van der Waals surface area contributed by atoms with Crippen molar-refractivity contribution < 1.29 is 4.79 Å². The van der Waals surface area contributed by atoms with Gasteiger partial charge in [0.05, 0.1) is 12.1 Å². The van der Waals surface area contributed by atoms with Gasteiger partial charge in [0.15, 0.2) is 0 Å². The van der Waals surface area contributed by atoms with Gasteiger partial charge in [-0.15, -0.1) is 0 Å². The molecule has 1 fully saturated rings. The zero-order chi connectivity index (χ0) is 21.3. The molecule has 3 atom stereocenters. The van der Waals surface area contributed by atoms with Gasteiger partial charge in [-0.3, -0.25) is 10.2 Å². The second kappa shape index (κ2) is 8.68. The van der Waals surface area contributed by atoms with Crippen LogP contribution in [0.4, 0.5) is 0 Å². The number of carbonyl (C=O) groups excluding carboxylic acids is 1. The smallest absolute Gasteiger partial charge is 0.220 e. The lowest BCUT2D eigenvalue weighted by molar-refractivity contribution is -0.121. The lowest BCUT2D eigenvalue weighted by Gasteiger charge is -2.37. The van der Waals surface area contributed by atoms with E-state index in [1.54, 1.807) is 0 Å². The molecule has 1 saturated heterocycles. The Labute approximate surface area is 179 Å². The SMILES string of the molecule is Cc1ccc(C)c(C2CC3C4NN=C(CCC(=O)NCCC(C)C)N4C=CN3N2)c1. The van der Waals surface area contributed by atoms with Gasteiger partial charge >= 0.3 is 0 Å². The van der Waals surface area contributed by atoms with Gasteiger partial charge in [0.1, 0.15) is 12.0 Å². The Bertz CT molecular complexity index is 848. The number of hydrazine groups is 1. The molecule has 3 unspecified atom stereocenters. The molecule has 0 spiro atoms. The van der Waals surface area contributed by atoms with Gasteiger partial charge in [-0.1, -0.05) is 37.6 Å². The van der Waals surface area contributed by atoms with E-state index in [1.807, 2.05) is 0 Å². The second-order valence-corrected chi connectivity index (χ2v) is 9.09. The predicted molar refractivity (Wildman–Crippen MR) is 119 cm³/mol. The van der Waals surface area contributed by atoms with E-state index in [2.05, 4.69) is 89.5 Å². The van der Waals surface area contributed by atoms with Crippen molar-refractivity contribution in [3.63, 3.8) is 0 Å². The van der Waals surface area contributed by atoms with E-state index in [-0.39, 0.29) is 24.2 Å². The highest BCUT2D eigenvalue weighted by molar-refractivity contribution is 5.89. The van der Waals surface area contributed by atoms with Gasteiger partial charge in [-0.2, -0.15) is 5.10 Å². The largest absolute Gasteiger partial charge is 0.356 e. The number of nitrogens with one attached hydrogen (secondary N) is 3. The molecule has 162 valence electrons. The molecular weight excluding hydrogens is 376 g/mol. The lowest BCUT2D eigenvalue weighted by atomic mass is 9.95. The van der Waals surface area contributed by atoms with Crippen molar-refractivity contribution in [3.05, 3.63) is 47.3 Å². The molecular formula is C23H34N6O. The zero-order valence-corrected chi connectivity index (χ0v) is 18.5. The molecule has 0 saturated carbocycles. The van der Waals surface area contributed by atoms with E-state index >= 15 is 0 Å². The van der Waals surface area contributed by atoms with Crippen LogP contribution in [0.3, 0.4) is 0 Å². The molecule has 4 rings (SSSR count). The second-order valence-electron chi connectivity index (χ2n) is 9.09. The van der Waals surface area contributed by atoms with Crippen LogP contribution in [-0.4, -0.2) is 40.4 Å². The lowest BCUT2D eigenvalue weighted by Crippen LogP contribution is -2.54. The van der Waals surface area contributed by atoms with E-state index < -0.39 is 0 Å². The van der Waals surface area contributed by atoms with Crippen molar-refractivity contribution in [3.8, 4) is 0 Å². The normalized spacial score (nSPS) is 24.6. The number of amidine groups is 1. The molecule has 3 heterocycles. The minimum absolute atomic E-state index is 0.0941. The van der Waals surface area contributed by atoms with E-state index in [0.29, 0.717) is 18.8 Å². The quantitative estimate of drug-likeness (QED) is 0.645. The number of amides is 1. The fraction of sp³-hybridized carbons (Fsp3) is 0.565. The number of rotatable bonds is 7. The van der Waals surface area contributed by atoms with Gasteiger partial charge in [-0.05, 0) is 43.7 Å². The number of hydrazone groups is 1. The van der Waals surface area contributed by atoms with Crippen molar-refractivity contribution in [1.82, 2.24) is 26.1 Å². The average molecular weight is 411 g/mol. The van der Waals surface area contributed by atoms with Crippen LogP contribution in [0, 0.1) is 19.8 Å². The fourth-order valence-corrected chi connectivity index (χ4v) is 4.46. The Morgan fingerprint density at radius 1 is 1.30 bits per heavy atom. The maximum absolute atomic E-state index is 12.1. The number of aryl methyl sites for hydroxylation is 2. The minimum Gasteiger partial charge on any atom is -0.356 e. The van der Waals surface area contributed by atoms with Crippen LogP contribution in [-0.2, 0) is 4.79 Å². The van der Waals surface area contributed by atoms with Crippen LogP contribution in [0.25, 0.3) is 0 Å². The summed E-state index contributed by atoms with van der Waals surface area (Å²) < 4.78 is 0. The molecule has 0 radical (unpaired) electrons. The highest BCUT2D eigenvalue weighted by Crippen LogP contribution is 2.35. The van der Waals surface area contributed by atoms with Gasteiger partial charge < -0.3 is 15.2 Å². The van der Waals surface area contributed by atoms with Crippen molar-refractivity contribution in [2.75, 3.05) is 6.54 Å². The molecule has 7 heteroatoms. The van der Waals surface area contributed by atoms with E-state index in [4.69, 9.17) is 0 Å². The van der Waals surface area contributed by atoms with Gasteiger partial charge in [0, 0.05) is 31.8 Å². The topological polar surface area (TPSA) is 72.0 Å². The Morgan fingerprint density at radius 2 is 2.13 bits per heavy atom. The van der Waals surface area contributed by atoms with E-state index in [9.17, 15) is 4.79 Å². The number of hydrogen-bond donors (Lipinski definition) is 3. The summed E-state index contributed by atoms with van der Waals surface area (Å²) in [5.41, 5.74) is 10.9. The van der Waals surface area contributed by atoms with Crippen LogP contribution < -0.4 is 16.2 Å². The third-order valence-corrected chi connectivity index (χ3v) is 6.25. The summed E-state index contributed by atoms with van der Waals surface area (Å²) in [6, 6.07) is 7.22. The van der Waals surface area contributed by atoms with Crippen LogP contribution in [0.15, 0.2) is 35.7 Å². The van der Waals surface area contributed by atoms with Crippen molar-refractivity contribution in [2.45, 2.75) is 71.6 Å². The molecule has 0 bridgehead atoms. The molecule has 1 amide bonds. The summed E-state index contributed by atoms with van der Waals surface area (Å²) in [7, 11) is 0. The summed E-state index contributed by atoms with van der Waals surface area (Å²) in [6.07, 6.45) is 7.37. The number of nitrogens with zero attached hydrogens (tertiary/aromatic N) is 3. The number of benzene rings is 1. The molecule has 0 aliphatic carbocycles. The molecule has 3 aliphatic heterocycles. The first-order valence-corrected chi connectivity index (χ1v) is 11.1. The highest BCUT2D eigenvalue weighted by atomic mass is 16.1. The standard InChI is InChI=1S/C23H34N6O/c1-15(2)9-10-24-22(30)8-7-21-25-26-23-20-14-19(27-29(20)12-11-28(21)23)18-13-16(3)5-6-17(18)4/h5-6,11-13,15,19-20,23,26-27H,7-10,14H2,1-4H3,(H,24,30). The van der Waals surface area contributed by atoms with Crippen LogP contribution in [0.2, 0.25) is 0 Å². The maximum Gasteiger partial charge on any atom is 0.220 e. The number of carbonyl (C=O) groups is 1. The molecule has 30 heavy (non-hydrogen) atoms. The average Bonchev–Trinajstić information content (AvgIpc) is 3.31. The fourth-order valence-electron chi connectivity index (χ4n) is 4.46. The molecule has 7 nitrogen and oxygen atoms in total. The molecule has 1 aromatic carbocycles.